The smallest absolute Gasteiger partial charge is 0.318 e. The second-order valence-electron chi connectivity index (χ2n) is 9.53. The van der Waals surface area contributed by atoms with Crippen molar-refractivity contribution in [3.8, 4) is 11.5 Å². The van der Waals surface area contributed by atoms with Crippen LogP contribution in [-0.2, 0) is 13.1 Å². The van der Waals surface area contributed by atoms with Crippen LogP contribution in [0.15, 0.2) is 102 Å². The van der Waals surface area contributed by atoms with Crippen LogP contribution in [0.25, 0.3) is 11.5 Å². The third-order valence-electron chi connectivity index (χ3n) is 7.14. The van der Waals surface area contributed by atoms with Crippen molar-refractivity contribution in [1.82, 2.24) is 24.6 Å². The second-order valence-corrected chi connectivity index (χ2v) is 10.4. The number of thioether (sulfide) groups is 1. The summed E-state index contributed by atoms with van der Waals surface area (Å²) in [5.74, 6) is 0.629. The van der Waals surface area contributed by atoms with E-state index in [1.54, 1.807) is 23.9 Å². The van der Waals surface area contributed by atoms with Crippen LogP contribution >= 0.6 is 11.8 Å². The molecule has 1 aliphatic heterocycles. The van der Waals surface area contributed by atoms with Gasteiger partial charge in [0.15, 0.2) is 0 Å². The van der Waals surface area contributed by atoms with Crippen LogP contribution in [0.2, 0.25) is 0 Å². The Morgan fingerprint density at radius 1 is 1.00 bits per heavy atom. The second kappa shape index (κ2) is 10.5. The van der Waals surface area contributed by atoms with Gasteiger partial charge in [0.2, 0.25) is 0 Å². The first-order valence-electron chi connectivity index (χ1n) is 12.8. The molecule has 6 nitrogen and oxygen atoms in total. The molecule has 0 radical (unpaired) electrons. The molecule has 3 heterocycles. The minimum atomic E-state index is -0.333. The van der Waals surface area contributed by atoms with Crippen molar-refractivity contribution in [3.05, 3.63) is 131 Å². The van der Waals surface area contributed by atoms with Crippen molar-refractivity contribution < 1.29 is 9.18 Å². The zero-order chi connectivity index (χ0) is 26.9. The van der Waals surface area contributed by atoms with E-state index in [1.807, 2.05) is 59.1 Å². The first kappa shape index (κ1) is 25.0. The van der Waals surface area contributed by atoms with Gasteiger partial charge in [-0.3, -0.25) is 0 Å². The number of halogens is 1. The first-order chi connectivity index (χ1) is 19.0. The summed E-state index contributed by atoms with van der Waals surface area (Å²) in [5, 5.41) is 7.97. The Labute approximate surface area is 231 Å². The van der Waals surface area contributed by atoms with E-state index in [1.165, 1.54) is 12.1 Å². The van der Waals surface area contributed by atoms with E-state index in [0.29, 0.717) is 13.1 Å². The number of hydrogen-bond donors (Lipinski definition) is 1. The van der Waals surface area contributed by atoms with Gasteiger partial charge in [0, 0.05) is 23.2 Å². The fourth-order valence-corrected chi connectivity index (χ4v) is 5.58. The molecule has 2 amide bonds. The Hall–Kier alpha value is -4.30. The Balaban J connectivity index is 1.46. The number of para-hydroxylation sites is 1. The molecule has 3 aromatic carbocycles. The SMILES string of the molecule is CSc1ccc(C2c3cccn3-c3c(c(C)nn3-c3ccccc3)CN2C(=O)NCc2ccc(F)cc2)cc1. The number of aromatic nitrogens is 3. The van der Waals surface area contributed by atoms with Gasteiger partial charge >= 0.3 is 6.03 Å². The van der Waals surface area contributed by atoms with Gasteiger partial charge in [0.05, 0.1) is 29.7 Å². The molecule has 0 fully saturated rings. The number of amides is 2. The lowest BCUT2D eigenvalue weighted by Gasteiger charge is -2.31. The molecule has 1 aliphatic rings. The number of nitrogens with one attached hydrogen (secondary N) is 1. The van der Waals surface area contributed by atoms with Crippen molar-refractivity contribution in [2.24, 2.45) is 0 Å². The highest BCUT2D eigenvalue weighted by molar-refractivity contribution is 7.98. The van der Waals surface area contributed by atoms with Crippen LogP contribution in [0.3, 0.4) is 0 Å². The average Bonchev–Trinajstić information content (AvgIpc) is 3.53. The lowest BCUT2D eigenvalue weighted by Crippen LogP contribution is -2.41. The molecular weight excluding hydrogens is 509 g/mol. The maximum atomic E-state index is 13.9. The predicted octanol–water partition coefficient (Wildman–Crippen LogP) is 6.65. The summed E-state index contributed by atoms with van der Waals surface area (Å²) >= 11 is 1.69. The molecule has 0 bridgehead atoms. The molecule has 196 valence electrons. The molecule has 0 saturated carbocycles. The molecule has 0 aliphatic carbocycles. The van der Waals surface area contributed by atoms with Gasteiger partial charge < -0.3 is 14.8 Å². The maximum Gasteiger partial charge on any atom is 0.318 e. The fourth-order valence-electron chi connectivity index (χ4n) is 5.17. The van der Waals surface area contributed by atoms with E-state index < -0.39 is 0 Å². The van der Waals surface area contributed by atoms with Crippen molar-refractivity contribution in [1.29, 1.82) is 0 Å². The van der Waals surface area contributed by atoms with Crippen LogP contribution in [0, 0.1) is 12.7 Å². The van der Waals surface area contributed by atoms with Crippen LogP contribution < -0.4 is 5.32 Å². The van der Waals surface area contributed by atoms with E-state index in [2.05, 4.69) is 46.5 Å². The van der Waals surface area contributed by atoms with Crippen LogP contribution in [0.1, 0.15) is 34.1 Å². The van der Waals surface area contributed by atoms with Crippen molar-refractivity contribution in [2.75, 3.05) is 6.26 Å². The molecule has 0 spiro atoms. The number of carbonyl (C=O) groups excluding carboxylic acids is 1. The van der Waals surface area contributed by atoms with Crippen molar-refractivity contribution in [3.63, 3.8) is 0 Å². The minimum absolute atomic E-state index is 0.203. The molecule has 1 unspecified atom stereocenters. The zero-order valence-electron chi connectivity index (χ0n) is 21.7. The summed E-state index contributed by atoms with van der Waals surface area (Å²) in [5.41, 5.74) is 5.63. The third kappa shape index (κ3) is 4.72. The Kier molecular flexibility index (Phi) is 6.70. The zero-order valence-corrected chi connectivity index (χ0v) is 22.5. The van der Waals surface area contributed by atoms with Gasteiger partial charge in [0.1, 0.15) is 11.6 Å². The highest BCUT2D eigenvalue weighted by Gasteiger charge is 2.35. The largest absolute Gasteiger partial charge is 0.334 e. The number of nitrogens with zero attached hydrogens (tertiary/aromatic N) is 4. The fraction of sp³-hybridized carbons (Fsp3) is 0.161. The number of rotatable bonds is 5. The average molecular weight is 538 g/mol. The highest BCUT2D eigenvalue weighted by Crippen LogP contribution is 2.38. The number of aryl methyl sites for hydroxylation is 1. The monoisotopic (exact) mass is 537 g/mol. The normalized spacial score (nSPS) is 14.4. The lowest BCUT2D eigenvalue weighted by molar-refractivity contribution is 0.180. The van der Waals surface area contributed by atoms with Crippen LogP contribution in [0.5, 0.6) is 0 Å². The topological polar surface area (TPSA) is 55.1 Å². The molecule has 1 N–H and O–H groups in total. The van der Waals surface area contributed by atoms with Gasteiger partial charge in [-0.25, -0.2) is 13.9 Å². The van der Waals surface area contributed by atoms with E-state index in [0.717, 1.165) is 44.5 Å². The highest BCUT2D eigenvalue weighted by atomic mass is 32.2. The molecule has 39 heavy (non-hydrogen) atoms. The van der Waals surface area contributed by atoms with Crippen LogP contribution in [0.4, 0.5) is 9.18 Å². The number of benzene rings is 3. The van der Waals surface area contributed by atoms with E-state index in [4.69, 9.17) is 5.10 Å². The van der Waals surface area contributed by atoms with E-state index in [-0.39, 0.29) is 17.9 Å². The summed E-state index contributed by atoms with van der Waals surface area (Å²) in [4.78, 5) is 17.0. The summed E-state index contributed by atoms with van der Waals surface area (Å²) in [7, 11) is 0. The van der Waals surface area contributed by atoms with Gasteiger partial charge in [0.25, 0.3) is 0 Å². The van der Waals surface area contributed by atoms with Gasteiger partial charge in [-0.15, -0.1) is 11.8 Å². The molecule has 0 saturated heterocycles. The molecule has 1 atom stereocenters. The number of carbonyl (C=O) groups is 1. The predicted molar refractivity (Wildman–Crippen MR) is 152 cm³/mol. The van der Waals surface area contributed by atoms with Crippen LogP contribution in [-0.4, -0.2) is 31.5 Å². The molecule has 6 rings (SSSR count). The number of fused-ring (bicyclic) bond motifs is 3. The standard InChI is InChI=1S/C31H28FN5OS/c1-21-27-20-36(31(38)33-19-22-10-14-24(32)15-11-22)29(23-12-16-26(39-2)17-13-23)28-9-6-18-35(28)30(27)37(34-21)25-7-4-3-5-8-25/h3-18,29H,19-20H2,1-2H3,(H,33,38). The lowest BCUT2D eigenvalue weighted by atomic mass is 10.0. The maximum absolute atomic E-state index is 13.9. The van der Waals surface area contributed by atoms with Crippen molar-refractivity contribution in [2.45, 2.75) is 31.0 Å². The number of hydrogen-bond acceptors (Lipinski definition) is 3. The van der Waals surface area contributed by atoms with Gasteiger partial charge in [-0.1, -0.05) is 42.5 Å². The summed E-state index contributed by atoms with van der Waals surface area (Å²) in [6.45, 7) is 2.66. The summed E-state index contributed by atoms with van der Waals surface area (Å²) in [6.07, 6.45) is 4.09. The number of urea groups is 1. The first-order valence-corrected chi connectivity index (χ1v) is 14.0. The Morgan fingerprint density at radius 3 is 2.46 bits per heavy atom. The minimum Gasteiger partial charge on any atom is -0.334 e. The Morgan fingerprint density at radius 2 is 1.74 bits per heavy atom. The summed E-state index contributed by atoms with van der Waals surface area (Å²) in [6, 6.07) is 28.2. The molecule has 5 aromatic rings. The van der Waals surface area contributed by atoms with E-state index in [9.17, 15) is 9.18 Å². The summed E-state index contributed by atoms with van der Waals surface area (Å²) < 4.78 is 17.5. The van der Waals surface area contributed by atoms with Gasteiger partial charge in [-0.2, -0.15) is 5.10 Å². The van der Waals surface area contributed by atoms with E-state index >= 15 is 0 Å². The van der Waals surface area contributed by atoms with Gasteiger partial charge in [-0.05, 0) is 72.8 Å². The molecular formula is C31H28FN5OS. The molecule has 2 aromatic heterocycles. The van der Waals surface area contributed by atoms with Crippen molar-refractivity contribution >= 4 is 17.8 Å². The molecule has 8 heteroatoms. The third-order valence-corrected chi connectivity index (χ3v) is 7.88. The Bertz CT molecular complexity index is 1610. The quantitative estimate of drug-likeness (QED) is 0.256.